The minimum Gasteiger partial charge on any atom is -0.399 e. The van der Waals surface area contributed by atoms with Crippen molar-refractivity contribution in [2.24, 2.45) is 0 Å². The zero-order valence-electron chi connectivity index (χ0n) is 12.8. The first kappa shape index (κ1) is 14.3. The summed E-state index contributed by atoms with van der Waals surface area (Å²) in [5, 5.41) is 0. The van der Waals surface area contributed by atoms with Crippen LogP contribution in [0.3, 0.4) is 0 Å². The number of rotatable bonds is 2. The normalized spacial score (nSPS) is 10.7. The molecule has 0 spiro atoms. The van der Waals surface area contributed by atoms with Crippen LogP contribution in [-0.4, -0.2) is 5.78 Å². The van der Waals surface area contributed by atoms with Crippen molar-refractivity contribution in [3.63, 3.8) is 0 Å². The number of nitrogens with two attached hydrogens (primary N) is 1. The quantitative estimate of drug-likeness (QED) is 0.659. The van der Waals surface area contributed by atoms with Gasteiger partial charge in [-0.2, -0.15) is 0 Å². The largest absolute Gasteiger partial charge is 0.399 e. The molecule has 0 heterocycles. The van der Waals surface area contributed by atoms with Crippen molar-refractivity contribution in [2.45, 2.75) is 34.6 Å². The van der Waals surface area contributed by atoms with Gasteiger partial charge in [0, 0.05) is 16.8 Å². The standard InChI is InChI=1S/C18H21NO/c1-10-6-15(9-16(19)7-10)18(20)17-13(4)11(2)8-12(3)14(17)5/h6-9H,19H2,1-5H3. The molecule has 0 aliphatic heterocycles. The highest BCUT2D eigenvalue weighted by Crippen LogP contribution is 2.25. The van der Waals surface area contributed by atoms with E-state index in [2.05, 4.69) is 6.07 Å². The Morgan fingerprint density at radius 2 is 1.40 bits per heavy atom. The topological polar surface area (TPSA) is 43.1 Å². The number of ketones is 1. The van der Waals surface area contributed by atoms with Gasteiger partial charge < -0.3 is 5.73 Å². The molecule has 2 nitrogen and oxygen atoms in total. The monoisotopic (exact) mass is 267 g/mol. The Balaban J connectivity index is 2.65. The Hall–Kier alpha value is -2.09. The van der Waals surface area contributed by atoms with Gasteiger partial charge in [0.2, 0.25) is 0 Å². The number of benzene rings is 2. The third-order valence-electron chi connectivity index (χ3n) is 3.95. The lowest BCUT2D eigenvalue weighted by atomic mass is 9.89. The molecular weight excluding hydrogens is 246 g/mol. The Kier molecular flexibility index (Phi) is 3.67. The van der Waals surface area contributed by atoms with Crippen molar-refractivity contribution in [3.05, 3.63) is 63.2 Å². The molecule has 0 aromatic heterocycles. The van der Waals surface area contributed by atoms with Crippen LogP contribution < -0.4 is 5.73 Å². The van der Waals surface area contributed by atoms with E-state index in [1.807, 2.05) is 46.8 Å². The van der Waals surface area contributed by atoms with E-state index < -0.39 is 0 Å². The SMILES string of the molecule is Cc1cc(N)cc(C(=O)c2c(C)c(C)cc(C)c2C)c1. The molecule has 0 amide bonds. The molecule has 2 N–H and O–H groups in total. The molecular formula is C18H21NO. The fraction of sp³-hybridized carbons (Fsp3) is 0.278. The molecule has 0 saturated carbocycles. The molecule has 0 saturated heterocycles. The van der Waals surface area contributed by atoms with Crippen molar-refractivity contribution in [1.29, 1.82) is 0 Å². The maximum atomic E-state index is 12.8. The number of carbonyl (C=O) groups excluding carboxylic acids is 1. The van der Waals surface area contributed by atoms with Crippen LogP contribution in [0.1, 0.15) is 43.7 Å². The molecule has 104 valence electrons. The van der Waals surface area contributed by atoms with Gasteiger partial charge in [0.05, 0.1) is 0 Å². The predicted molar refractivity (Wildman–Crippen MR) is 84.4 cm³/mol. The number of carbonyl (C=O) groups is 1. The Labute approximate surface area is 120 Å². The number of nitrogen functional groups attached to an aromatic ring is 1. The Morgan fingerprint density at radius 3 is 1.90 bits per heavy atom. The molecule has 0 atom stereocenters. The summed E-state index contributed by atoms with van der Waals surface area (Å²) >= 11 is 0. The Bertz CT molecular complexity index is 653. The summed E-state index contributed by atoms with van der Waals surface area (Å²) in [6.45, 7) is 10.1. The molecule has 0 aliphatic carbocycles. The summed E-state index contributed by atoms with van der Waals surface area (Å²) in [7, 11) is 0. The van der Waals surface area contributed by atoms with Crippen molar-refractivity contribution in [3.8, 4) is 0 Å². The average Bonchev–Trinajstić information content (AvgIpc) is 2.35. The van der Waals surface area contributed by atoms with Crippen LogP contribution in [0.25, 0.3) is 0 Å². The molecule has 0 bridgehead atoms. The minimum atomic E-state index is 0.0576. The van der Waals surface area contributed by atoms with E-state index in [1.54, 1.807) is 6.07 Å². The second-order valence-electron chi connectivity index (χ2n) is 5.60. The zero-order chi connectivity index (χ0) is 15.0. The summed E-state index contributed by atoms with van der Waals surface area (Å²) in [4.78, 5) is 12.8. The summed E-state index contributed by atoms with van der Waals surface area (Å²) < 4.78 is 0. The maximum absolute atomic E-state index is 12.8. The molecule has 0 unspecified atom stereocenters. The van der Waals surface area contributed by atoms with E-state index in [1.165, 1.54) is 0 Å². The van der Waals surface area contributed by atoms with Crippen LogP contribution in [0, 0.1) is 34.6 Å². The smallest absolute Gasteiger partial charge is 0.193 e. The first-order valence-corrected chi connectivity index (χ1v) is 6.80. The van der Waals surface area contributed by atoms with Crippen molar-refractivity contribution in [2.75, 3.05) is 5.73 Å². The van der Waals surface area contributed by atoms with Gasteiger partial charge in [0.25, 0.3) is 0 Å². The molecule has 20 heavy (non-hydrogen) atoms. The van der Waals surface area contributed by atoms with Crippen molar-refractivity contribution < 1.29 is 4.79 Å². The van der Waals surface area contributed by atoms with Gasteiger partial charge in [0.1, 0.15) is 0 Å². The second-order valence-corrected chi connectivity index (χ2v) is 5.60. The van der Waals surface area contributed by atoms with Gasteiger partial charge in [-0.1, -0.05) is 6.07 Å². The van der Waals surface area contributed by atoms with Crippen LogP contribution in [0.5, 0.6) is 0 Å². The second kappa shape index (κ2) is 5.12. The van der Waals surface area contributed by atoms with Gasteiger partial charge in [-0.05, 0) is 80.6 Å². The first-order valence-electron chi connectivity index (χ1n) is 6.80. The summed E-state index contributed by atoms with van der Waals surface area (Å²) in [5.74, 6) is 0.0576. The van der Waals surface area contributed by atoms with Crippen LogP contribution in [-0.2, 0) is 0 Å². The number of aryl methyl sites for hydroxylation is 3. The van der Waals surface area contributed by atoms with E-state index in [-0.39, 0.29) is 5.78 Å². The molecule has 2 aromatic carbocycles. The summed E-state index contributed by atoms with van der Waals surface area (Å²) in [6.07, 6.45) is 0. The maximum Gasteiger partial charge on any atom is 0.193 e. The lowest BCUT2D eigenvalue weighted by Gasteiger charge is -2.15. The molecule has 0 fully saturated rings. The van der Waals surface area contributed by atoms with Gasteiger partial charge in [-0.3, -0.25) is 4.79 Å². The van der Waals surface area contributed by atoms with Gasteiger partial charge in [-0.15, -0.1) is 0 Å². The van der Waals surface area contributed by atoms with E-state index in [4.69, 9.17) is 5.73 Å². The number of anilines is 1. The number of hydrogen-bond acceptors (Lipinski definition) is 2. The highest BCUT2D eigenvalue weighted by molar-refractivity contribution is 6.11. The van der Waals surface area contributed by atoms with Crippen LogP contribution in [0.4, 0.5) is 5.69 Å². The van der Waals surface area contributed by atoms with E-state index in [9.17, 15) is 4.79 Å². The molecule has 0 aliphatic rings. The highest BCUT2D eigenvalue weighted by atomic mass is 16.1. The Morgan fingerprint density at radius 1 is 0.850 bits per heavy atom. The van der Waals surface area contributed by atoms with Crippen molar-refractivity contribution in [1.82, 2.24) is 0 Å². The van der Waals surface area contributed by atoms with Crippen LogP contribution >= 0.6 is 0 Å². The minimum absolute atomic E-state index is 0.0576. The van der Waals surface area contributed by atoms with Gasteiger partial charge in [-0.25, -0.2) is 0 Å². The summed E-state index contributed by atoms with van der Waals surface area (Å²) in [6, 6.07) is 7.66. The third kappa shape index (κ3) is 2.46. The average molecular weight is 267 g/mol. The lowest BCUT2D eigenvalue weighted by Crippen LogP contribution is -2.09. The predicted octanol–water partition coefficient (Wildman–Crippen LogP) is 4.04. The first-order chi connectivity index (χ1) is 9.31. The fourth-order valence-corrected chi connectivity index (χ4v) is 2.65. The van der Waals surface area contributed by atoms with Crippen LogP contribution in [0.15, 0.2) is 24.3 Å². The third-order valence-corrected chi connectivity index (χ3v) is 3.95. The molecule has 0 radical (unpaired) electrons. The van der Waals surface area contributed by atoms with Gasteiger partial charge >= 0.3 is 0 Å². The number of hydrogen-bond donors (Lipinski definition) is 1. The molecule has 2 rings (SSSR count). The highest BCUT2D eigenvalue weighted by Gasteiger charge is 2.17. The lowest BCUT2D eigenvalue weighted by molar-refractivity contribution is 0.103. The van der Waals surface area contributed by atoms with Crippen molar-refractivity contribution >= 4 is 11.5 Å². The van der Waals surface area contributed by atoms with Crippen LogP contribution in [0.2, 0.25) is 0 Å². The van der Waals surface area contributed by atoms with E-state index in [0.717, 1.165) is 33.4 Å². The van der Waals surface area contributed by atoms with E-state index in [0.29, 0.717) is 11.3 Å². The van der Waals surface area contributed by atoms with E-state index >= 15 is 0 Å². The zero-order valence-corrected chi connectivity index (χ0v) is 12.8. The molecule has 2 heteroatoms. The van der Waals surface area contributed by atoms with Gasteiger partial charge in [0.15, 0.2) is 5.78 Å². The molecule has 2 aromatic rings. The summed E-state index contributed by atoms with van der Waals surface area (Å²) in [5.41, 5.74) is 13.4. The fourth-order valence-electron chi connectivity index (χ4n) is 2.65.